The van der Waals surface area contributed by atoms with E-state index in [-0.39, 0.29) is 11.7 Å². The van der Waals surface area contributed by atoms with E-state index in [9.17, 15) is 4.79 Å². The highest BCUT2D eigenvalue weighted by molar-refractivity contribution is 6.30. The molecule has 0 N–H and O–H groups in total. The van der Waals surface area contributed by atoms with E-state index in [1.54, 1.807) is 30.4 Å². The molecule has 18 heavy (non-hydrogen) atoms. The van der Waals surface area contributed by atoms with Crippen LogP contribution in [0.1, 0.15) is 10.4 Å². The van der Waals surface area contributed by atoms with E-state index < -0.39 is 0 Å². The fraction of sp³-hybridized carbons (Fsp3) is 0.214. The summed E-state index contributed by atoms with van der Waals surface area (Å²) >= 11 is 5.54. The number of alkyl halides is 1. The van der Waals surface area contributed by atoms with Gasteiger partial charge in [-0.15, -0.1) is 11.6 Å². The molecule has 0 aliphatic carbocycles. The maximum atomic E-state index is 11.6. The number of Topliss-reactive ketones (excluding diaryl/α,β-unsaturated/α-hetero) is 1. The van der Waals surface area contributed by atoms with Crippen molar-refractivity contribution in [2.24, 2.45) is 0 Å². The summed E-state index contributed by atoms with van der Waals surface area (Å²) in [5, 5.41) is 0. The van der Waals surface area contributed by atoms with Crippen LogP contribution in [0.15, 0.2) is 43.5 Å². The molecule has 0 spiro atoms. The highest BCUT2D eigenvalue weighted by Crippen LogP contribution is 2.23. The molecule has 0 atom stereocenters. The fourth-order valence-corrected chi connectivity index (χ4v) is 1.44. The van der Waals surface area contributed by atoms with Crippen molar-refractivity contribution in [2.45, 2.75) is 0 Å². The Bertz CT molecular complexity index is 410. The van der Waals surface area contributed by atoms with Crippen LogP contribution in [-0.4, -0.2) is 24.9 Å². The second-order valence-electron chi connectivity index (χ2n) is 3.45. The second-order valence-corrected chi connectivity index (χ2v) is 3.72. The first-order valence-electron chi connectivity index (χ1n) is 5.43. The molecule has 0 aliphatic heterocycles. The summed E-state index contributed by atoms with van der Waals surface area (Å²) in [4.78, 5) is 11.6. The van der Waals surface area contributed by atoms with Gasteiger partial charge in [0.1, 0.15) is 24.7 Å². The van der Waals surface area contributed by atoms with Crippen molar-refractivity contribution in [3.63, 3.8) is 0 Å². The van der Waals surface area contributed by atoms with Crippen LogP contribution in [-0.2, 0) is 0 Å². The van der Waals surface area contributed by atoms with Crippen molar-refractivity contribution in [3.05, 3.63) is 49.1 Å². The highest BCUT2D eigenvalue weighted by atomic mass is 35.5. The maximum absolute atomic E-state index is 11.6. The van der Waals surface area contributed by atoms with Gasteiger partial charge in [0.25, 0.3) is 0 Å². The summed E-state index contributed by atoms with van der Waals surface area (Å²) in [6.45, 7) is 7.85. The SMILES string of the molecule is C=CCOc1cc(OCC=C)cc(C(=O)CCl)c1. The Hall–Kier alpha value is -1.74. The van der Waals surface area contributed by atoms with E-state index in [4.69, 9.17) is 21.1 Å². The van der Waals surface area contributed by atoms with Crippen molar-refractivity contribution >= 4 is 17.4 Å². The van der Waals surface area contributed by atoms with Crippen LogP contribution in [0, 0.1) is 0 Å². The number of hydrogen-bond acceptors (Lipinski definition) is 3. The maximum Gasteiger partial charge on any atom is 0.177 e. The number of carbonyl (C=O) groups is 1. The van der Waals surface area contributed by atoms with Crippen molar-refractivity contribution in [1.29, 1.82) is 0 Å². The lowest BCUT2D eigenvalue weighted by Crippen LogP contribution is -2.03. The Morgan fingerprint density at radius 2 is 1.61 bits per heavy atom. The van der Waals surface area contributed by atoms with Gasteiger partial charge in [0, 0.05) is 11.6 Å². The van der Waals surface area contributed by atoms with E-state index in [1.165, 1.54) is 0 Å². The molecule has 0 radical (unpaired) electrons. The van der Waals surface area contributed by atoms with Crippen LogP contribution in [0.25, 0.3) is 0 Å². The summed E-state index contributed by atoms with van der Waals surface area (Å²) < 4.78 is 10.8. The van der Waals surface area contributed by atoms with E-state index in [0.717, 1.165) is 0 Å². The summed E-state index contributed by atoms with van der Waals surface area (Å²) in [6, 6.07) is 4.97. The number of ether oxygens (including phenoxy) is 2. The minimum atomic E-state index is -0.177. The summed E-state index contributed by atoms with van der Waals surface area (Å²) in [7, 11) is 0. The topological polar surface area (TPSA) is 35.5 Å². The third kappa shape index (κ3) is 4.26. The van der Waals surface area contributed by atoms with E-state index >= 15 is 0 Å². The molecule has 0 amide bonds. The van der Waals surface area contributed by atoms with Gasteiger partial charge in [0.05, 0.1) is 5.88 Å². The van der Waals surface area contributed by atoms with Crippen LogP contribution >= 0.6 is 11.6 Å². The third-order valence-electron chi connectivity index (χ3n) is 2.06. The quantitative estimate of drug-likeness (QED) is 0.412. The predicted octanol–water partition coefficient (Wildman–Crippen LogP) is 3.24. The Morgan fingerprint density at radius 3 is 2.00 bits per heavy atom. The fourth-order valence-electron chi connectivity index (χ4n) is 1.29. The number of hydrogen-bond donors (Lipinski definition) is 0. The van der Waals surface area contributed by atoms with Gasteiger partial charge in [-0.2, -0.15) is 0 Å². The average Bonchev–Trinajstić information content (AvgIpc) is 2.41. The number of benzene rings is 1. The molecule has 0 saturated heterocycles. The zero-order chi connectivity index (χ0) is 13.4. The molecule has 96 valence electrons. The number of rotatable bonds is 8. The molecular formula is C14H15ClO3. The molecule has 0 unspecified atom stereocenters. The molecule has 1 aromatic rings. The van der Waals surface area contributed by atoms with Crippen molar-refractivity contribution in [2.75, 3.05) is 19.1 Å². The Kier molecular flexibility index (Phi) is 6.01. The van der Waals surface area contributed by atoms with Crippen LogP contribution in [0.3, 0.4) is 0 Å². The van der Waals surface area contributed by atoms with Gasteiger partial charge >= 0.3 is 0 Å². The molecule has 0 saturated carbocycles. The number of ketones is 1. The zero-order valence-electron chi connectivity index (χ0n) is 10.0. The van der Waals surface area contributed by atoms with Gasteiger partial charge in [-0.25, -0.2) is 0 Å². The monoisotopic (exact) mass is 266 g/mol. The number of halogens is 1. The minimum absolute atomic E-state index is 0.0776. The predicted molar refractivity (Wildman–Crippen MR) is 72.9 cm³/mol. The van der Waals surface area contributed by atoms with E-state index in [0.29, 0.717) is 30.3 Å². The first kappa shape index (κ1) is 14.3. The molecular weight excluding hydrogens is 252 g/mol. The van der Waals surface area contributed by atoms with Crippen molar-refractivity contribution < 1.29 is 14.3 Å². The lowest BCUT2D eigenvalue weighted by atomic mass is 10.1. The Balaban J connectivity index is 2.98. The average molecular weight is 267 g/mol. The molecule has 1 aromatic carbocycles. The van der Waals surface area contributed by atoms with Crippen molar-refractivity contribution in [3.8, 4) is 11.5 Å². The summed E-state index contributed by atoms with van der Waals surface area (Å²) in [5.41, 5.74) is 0.464. The van der Waals surface area contributed by atoms with Crippen LogP contribution in [0.4, 0.5) is 0 Å². The molecule has 0 bridgehead atoms. The lowest BCUT2D eigenvalue weighted by Gasteiger charge is -2.09. The smallest absolute Gasteiger partial charge is 0.177 e. The number of carbonyl (C=O) groups excluding carboxylic acids is 1. The van der Waals surface area contributed by atoms with Gasteiger partial charge in [0.15, 0.2) is 5.78 Å². The molecule has 0 fully saturated rings. The molecule has 0 aliphatic rings. The van der Waals surface area contributed by atoms with Crippen LogP contribution in [0.2, 0.25) is 0 Å². The van der Waals surface area contributed by atoms with Crippen molar-refractivity contribution in [1.82, 2.24) is 0 Å². The van der Waals surface area contributed by atoms with Gasteiger partial charge in [0.2, 0.25) is 0 Å². The molecule has 0 aromatic heterocycles. The molecule has 0 heterocycles. The molecule has 4 heteroatoms. The lowest BCUT2D eigenvalue weighted by molar-refractivity contribution is 0.102. The molecule has 1 rings (SSSR count). The van der Waals surface area contributed by atoms with Gasteiger partial charge in [-0.05, 0) is 12.1 Å². The van der Waals surface area contributed by atoms with Gasteiger partial charge in [-0.1, -0.05) is 25.3 Å². The summed E-state index contributed by atoms with van der Waals surface area (Å²) in [5.74, 6) is 0.838. The standard InChI is InChI=1S/C14H15ClO3/c1-3-5-17-12-7-11(14(16)10-15)8-13(9-12)18-6-4-2/h3-4,7-9H,1-2,5-6,10H2. The highest BCUT2D eigenvalue weighted by Gasteiger charge is 2.09. The minimum Gasteiger partial charge on any atom is -0.489 e. The third-order valence-corrected chi connectivity index (χ3v) is 2.30. The largest absolute Gasteiger partial charge is 0.489 e. The molecule has 3 nitrogen and oxygen atoms in total. The Morgan fingerprint density at radius 1 is 1.11 bits per heavy atom. The zero-order valence-corrected chi connectivity index (χ0v) is 10.8. The van der Waals surface area contributed by atoms with Crippen LogP contribution in [0.5, 0.6) is 11.5 Å². The van der Waals surface area contributed by atoms with Gasteiger partial charge in [-0.3, -0.25) is 4.79 Å². The van der Waals surface area contributed by atoms with Crippen LogP contribution < -0.4 is 9.47 Å². The summed E-state index contributed by atoms with van der Waals surface area (Å²) in [6.07, 6.45) is 3.25. The first-order chi connectivity index (χ1) is 8.71. The Labute approximate surface area is 112 Å². The van der Waals surface area contributed by atoms with Gasteiger partial charge < -0.3 is 9.47 Å². The van der Waals surface area contributed by atoms with E-state index in [1.807, 2.05) is 0 Å². The van der Waals surface area contributed by atoms with E-state index in [2.05, 4.69) is 13.2 Å². The second kappa shape index (κ2) is 7.56. The first-order valence-corrected chi connectivity index (χ1v) is 5.96. The normalized spacial score (nSPS) is 9.61.